The Balaban J connectivity index is 2.20. The summed E-state index contributed by atoms with van der Waals surface area (Å²) in [6, 6.07) is 6.01. The fraction of sp³-hybridized carbons (Fsp3) is 0.467. The van der Waals surface area contributed by atoms with Gasteiger partial charge in [-0.15, -0.1) is 0 Å². The number of carbonyl (C=O) groups excluding carboxylic acids is 2. The molecule has 0 saturated carbocycles. The van der Waals surface area contributed by atoms with Crippen molar-refractivity contribution in [3.63, 3.8) is 0 Å². The summed E-state index contributed by atoms with van der Waals surface area (Å²) in [5.41, 5.74) is 3.33. The number of esters is 2. The molecule has 1 heterocycles. The molecule has 0 spiro atoms. The van der Waals surface area contributed by atoms with Crippen LogP contribution in [0.15, 0.2) is 18.2 Å². The lowest BCUT2D eigenvalue weighted by Gasteiger charge is -2.16. The summed E-state index contributed by atoms with van der Waals surface area (Å²) >= 11 is 0. The van der Waals surface area contributed by atoms with Crippen molar-refractivity contribution in [2.45, 2.75) is 25.2 Å². The first-order valence-electron chi connectivity index (χ1n) is 6.64. The van der Waals surface area contributed by atoms with Crippen LogP contribution in [0.5, 0.6) is 0 Å². The maximum atomic E-state index is 11.5. The molecule has 0 radical (unpaired) electrons. The van der Waals surface area contributed by atoms with Crippen LogP contribution in [0, 0.1) is 0 Å². The molecular formula is C15H19NO4. The third kappa shape index (κ3) is 3.29. The average Bonchev–Trinajstić information content (AvgIpc) is 2.93. The third-order valence-electron chi connectivity index (χ3n) is 3.59. The lowest BCUT2D eigenvalue weighted by Crippen LogP contribution is -2.14. The Bertz CT molecular complexity index is 495. The number of hydrogen-bond donors (Lipinski definition) is 1. The topological polar surface area (TPSA) is 64.6 Å². The molecule has 0 saturated heterocycles. The van der Waals surface area contributed by atoms with Crippen molar-refractivity contribution in [1.82, 2.24) is 0 Å². The van der Waals surface area contributed by atoms with Crippen molar-refractivity contribution >= 4 is 17.6 Å². The van der Waals surface area contributed by atoms with Crippen LogP contribution in [0.4, 0.5) is 5.69 Å². The van der Waals surface area contributed by atoms with Crippen LogP contribution >= 0.6 is 0 Å². The van der Waals surface area contributed by atoms with Gasteiger partial charge in [-0.05, 0) is 23.6 Å². The molecule has 1 aliphatic heterocycles. The van der Waals surface area contributed by atoms with E-state index in [0.29, 0.717) is 0 Å². The van der Waals surface area contributed by atoms with E-state index < -0.39 is 0 Å². The highest BCUT2D eigenvalue weighted by Gasteiger charge is 2.22. The van der Waals surface area contributed by atoms with Crippen LogP contribution in [0.1, 0.15) is 29.9 Å². The smallest absolute Gasteiger partial charge is 0.306 e. The summed E-state index contributed by atoms with van der Waals surface area (Å²) in [5, 5.41) is 3.29. The average molecular weight is 277 g/mol. The van der Waals surface area contributed by atoms with Gasteiger partial charge in [0, 0.05) is 18.2 Å². The number of ether oxygens (including phenoxy) is 2. The van der Waals surface area contributed by atoms with E-state index in [1.807, 2.05) is 12.1 Å². The largest absolute Gasteiger partial charge is 0.469 e. The Labute approximate surface area is 118 Å². The molecular weight excluding hydrogens is 258 g/mol. The van der Waals surface area contributed by atoms with Crippen LogP contribution in [-0.4, -0.2) is 32.7 Å². The fourth-order valence-corrected chi connectivity index (χ4v) is 2.46. The molecule has 0 atom stereocenters. The Morgan fingerprint density at radius 1 is 1.20 bits per heavy atom. The molecule has 1 aromatic carbocycles. The number of fused-ring (bicyclic) bond motifs is 1. The van der Waals surface area contributed by atoms with Gasteiger partial charge in [0.1, 0.15) is 0 Å². The first-order chi connectivity index (χ1) is 9.63. The highest BCUT2D eigenvalue weighted by Crippen LogP contribution is 2.30. The number of hydrogen-bond acceptors (Lipinski definition) is 5. The molecule has 0 bridgehead atoms. The van der Waals surface area contributed by atoms with Gasteiger partial charge in [-0.1, -0.05) is 12.1 Å². The van der Waals surface area contributed by atoms with E-state index in [-0.39, 0.29) is 30.7 Å². The molecule has 1 aliphatic rings. The standard InChI is InChI=1S/C15H19NO4/c1-19-14(17)8-12(9-15(18)20-2)10-3-4-13-11(7-10)5-6-16-13/h3-4,7,12,16H,5-6,8-9H2,1-2H3. The van der Waals surface area contributed by atoms with Crippen LogP contribution in [0.3, 0.4) is 0 Å². The van der Waals surface area contributed by atoms with Crippen LogP contribution < -0.4 is 5.32 Å². The Hall–Kier alpha value is -2.04. The molecule has 0 fully saturated rings. The summed E-state index contributed by atoms with van der Waals surface area (Å²) in [4.78, 5) is 23.0. The fourth-order valence-electron chi connectivity index (χ4n) is 2.46. The van der Waals surface area contributed by atoms with E-state index in [4.69, 9.17) is 9.47 Å². The minimum Gasteiger partial charge on any atom is -0.469 e. The van der Waals surface area contributed by atoms with Gasteiger partial charge >= 0.3 is 11.9 Å². The zero-order valence-electron chi connectivity index (χ0n) is 11.8. The summed E-state index contributed by atoms with van der Waals surface area (Å²) in [6.07, 6.45) is 1.32. The molecule has 1 N–H and O–H groups in total. The van der Waals surface area contributed by atoms with Crippen molar-refractivity contribution in [1.29, 1.82) is 0 Å². The molecule has 2 rings (SSSR count). The Morgan fingerprint density at radius 3 is 2.45 bits per heavy atom. The van der Waals surface area contributed by atoms with Crippen LogP contribution in [0.2, 0.25) is 0 Å². The van der Waals surface area contributed by atoms with Gasteiger partial charge in [-0.2, -0.15) is 0 Å². The van der Waals surface area contributed by atoms with E-state index in [0.717, 1.165) is 24.2 Å². The highest BCUT2D eigenvalue weighted by atomic mass is 16.5. The lowest BCUT2D eigenvalue weighted by atomic mass is 9.91. The lowest BCUT2D eigenvalue weighted by molar-refractivity contribution is -0.143. The van der Waals surface area contributed by atoms with Crippen molar-refractivity contribution in [2.75, 3.05) is 26.1 Å². The molecule has 108 valence electrons. The molecule has 0 amide bonds. The van der Waals surface area contributed by atoms with Gasteiger partial charge in [0.05, 0.1) is 27.1 Å². The monoisotopic (exact) mass is 277 g/mol. The third-order valence-corrected chi connectivity index (χ3v) is 3.59. The minimum atomic E-state index is -0.322. The number of rotatable bonds is 5. The zero-order chi connectivity index (χ0) is 14.5. The second-order valence-corrected chi connectivity index (χ2v) is 4.85. The van der Waals surface area contributed by atoms with Gasteiger partial charge in [0.15, 0.2) is 0 Å². The predicted octanol–water partition coefficient (Wildman–Crippen LogP) is 1.86. The zero-order valence-corrected chi connectivity index (χ0v) is 11.8. The van der Waals surface area contributed by atoms with Crippen molar-refractivity contribution in [3.8, 4) is 0 Å². The van der Waals surface area contributed by atoms with Crippen molar-refractivity contribution in [3.05, 3.63) is 29.3 Å². The van der Waals surface area contributed by atoms with Crippen molar-refractivity contribution in [2.24, 2.45) is 0 Å². The maximum absolute atomic E-state index is 11.5. The van der Waals surface area contributed by atoms with Gasteiger partial charge in [0.25, 0.3) is 0 Å². The number of nitrogens with one attached hydrogen (secondary N) is 1. The SMILES string of the molecule is COC(=O)CC(CC(=O)OC)c1ccc2c(c1)CCN2. The molecule has 5 heteroatoms. The van der Waals surface area contributed by atoms with Gasteiger partial charge in [0.2, 0.25) is 0 Å². The van der Waals surface area contributed by atoms with E-state index in [2.05, 4.69) is 11.4 Å². The first kappa shape index (κ1) is 14.4. The second kappa shape index (κ2) is 6.41. The van der Waals surface area contributed by atoms with E-state index in [1.165, 1.54) is 19.8 Å². The van der Waals surface area contributed by atoms with Crippen molar-refractivity contribution < 1.29 is 19.1 Å². The number of methoxy groups -OCH3 is 2. The van der Waals surface area contributed by atoms with Gasteiger partial charge < -0.3 is 14.8 Å². The van der Waals surface area contributed by atoms with E-state index in [9.17, 15) is 9.59 Å². The van der Waals surface area contributed by atoms with Crippen LogP contribution in [0.25, 0.3) is 0 Å². The number of carbonyl (C=O) groups is 2. The number of benzene rings is 1. The molecule has 0 aliphatic carbocycles. The first-order valence-corrected chi connectivity index (χ1v) is 6.64. The van der Waals surface area contributed by atoms with Gasteiger partial charge in [-0.25, -0.2) is 0 Å². The summed E-state index contributed by atoms with van der Waals surface area (Å²) in [7, 11) is 2.70. The summed E-state index contributed by atoms with van der Waals surface area (Å²) < 4.78 is 9.41. The quantitative estimate of drug-likeness (QED) is 0.832. The Morgan fingerprint density at radius 2 is 1.85 bits per heavy atom. The molecule has 1 aromatic rings. The summed E-state index contributed by atoms with van der Waals surface area (Å²) in [5.74, 6) is -0.851. The summed E-state index contributed by atoms with van der Waals surface area (Å²) in [6.45, 7) is 0.928. The molecule has 0 unspecified atom stereocenters. The van der Waals surface area contributed by atoms with E-state index in [1.54, 1.807) is 0 Å². The van der Waals surface area contributed by atoms with Crippen LogP contribution in [-0.2, 0) is 25.5 Å². The molecule has 0 aromatic heterocycles. The highest BCUT2D eigenvalue weighted by molar-refractivity contribution is 5.75. The number of anilines is 1. The molecule has 20 heavy (non-hydrogen) atoms. The normalized spacial score (nSPS) is 12.8. The Kier molecular flexibility index (Phi) is 4.61. The molecule has 5 nitrogen and oxygen atoms in total. The predicted molar refractivity (Wildman–Crippen MR) is 74.6 cm³/mol. The minimum absolute atomic E-state index is 0.178. The van der Waals surface area contributed by atoms with E-state index >= 15 is 0 Å². The maximum Gasteiger partial charge on any atom is 0.306 e. The second-order valence-electron chi connectivity index (χ2n) is 4.85. The van der Waals surface area contributed by atoms with Gasteiger partial charge in [-0.3, -0.25) is 9.59 Å².